The number of hydrogen-bond donors (Lipinski definition) is 0. The second-order valence-electron chi connectivity index (χ2n) is 2.39. The quantitative estimate of drug-likeness (QED) is 0.382. The number of hydrogen-bond acceptors (Lipinski definition) is 0. The van der Waals surface area contributed by atoms with Gasteiger partial charge in [0.15, 0.2) is 0 Å². The third-order valence-electron chi connectivity index (χ3n) is 1.44. The summed E-state index contributed by atoms with van der Waals surface area (Å²) in [4.78, 5) is 0. The van der Waals surface area contributed by atoms with Crippen molar-refractivity contribution in [2.75, 3.05) is 0 Å². The zero-order chi connectivity index (χ0) is 6.95. The van der Waals surface area contributed by atoms with Crippen LogP contribution in [0.1, 0.15) is 45.4 Å². The van der Waals surface area contributed by atoms with Crippen molar-refractivity contribution in [3.05, 3.63) is 5.41 Å². The van der Waals surface area contributed by atoms with E-state index in [9.17, 15) is 0 Å². The molecule has 0 saturated heterocycles. The molecular formula is C8H16NPd-. The van der Waals surface area contributed by atoms with Crippen molar-refractivity contribution in [3.8, 4) is 0 Å². The van der Waals surface area contributed by atoms with E-state index in [1.54, 1.807) is 0 Å². The Morgan fingerprint density at radius 3 is 2.20 bits per heavy atom. The van der Waals surface area contributed by atoms with Gasteiger partial charge in [0.2, 0.25) is 0 Å². The van der Waals surface area contributed by atoms with Crippen molar-refractivity contribution < 1.29 is 20.4 Å². The fourth-order valence-corrected chi connectivity index (χ4v) is 0.839. The van der Waals surface area contributed by atoms with Crippen LogP contribution in [0.3, 0.4) is 0 Å². The van der Waals surface area contributed by atoms with Crippen LogP contribution in [0.2, 0.25) is 0 Å². The summed E-state index contributed by atoms with van der Waals surface area (Å²) in [6, 6.07) is 0. The molecule has 0 radical (unpaired) electrons. The molecule has 64 valence electrons. The van der Waals surface area contributed by atoms with Crippen LogP contribution in [0.5, 0.6) is 0 Å². The Bertz CT molecular complexity index is 64.3. The summed E-state index contributed by atoms with van der Waals surface area (Å²) in [5, 5.41) is 8.30. The van der Waals surface area contributed by atoms with Crippen molar-refractivity contribution in [1.29, 1.82) is 0 Å². The van der Waals surface area contributed by atoms with Gasteiger partial charge in [-0.25, -0.2) is 6.21 Å². The molecule has 2 heteroatoms. The second-order valence-corrected chi connectivity index (χ2v) is 2.39. The molecule has 0 aromatic carbocycles. The minimum absolute atomic E-state index is 0. The van der Waals surface area contributed by atoms with Gasteiger partial charge >= 0.3 is 0 Å². The van der Waals surface area contributed by atoms with Gasteiger partial charge in [0.25, 0.3) is 0 Å². The summed E-state index contributed by atoms with van der Waals surface area (Å²) in [5.74, 6) is 0. The summed E-state index contributed by atoms with van der Waals surface area (Å²) in [5.41, 5.74) is 0. The van der Waals surface area contributed by atoms with Crippen molar-refractivity contribution in [2.24, 2.45) is 0 Å². The minimum atomic E-state index is 0. The number of nitrogens with zero attached hydrogens (tertiary/aromatic N) is 1. The Morgan fingerprint density at radius 1 is 1.10 bits per heavy atom. The van der Waals surface area contributed by atoms with E-state index in [0.717, 1.165) is 12.8 Å². The largest absolute Gasteiger partial charge is 0.814 e. The van der Waals surface area contributed by atoms with Gasteiger partial charge in [0.05, 0.1) is 0 Å². The van der Waals surface area contributed by atoms with Crippen LogP contribution in [0.4, 0.5) is 0 Å². The zero-order valence-corrected chi connectivity index (χ0v) is 8.14. The molecule has 0 aliphatic heterocycles. The van der Waals surface area contributed by atoms with Crippen LogP contribution in [0.25, 0.3) is 5.41 Å². The normalized spacial score (nSPS) is 8.50. The van der Waals surface area contributed by atoms with Gasteiger partial charge in [-0.15, -0.1) is 0 Å². The maximum atomic E-state index is 8.30. The van der Waals surface area contributed by atoms with E-state index in [0.29, 0.717) is 0 Å². The van der Waals surface area contributed by atoms with Gasteiger partial charge in [-0.05, 0) is 0 Å². The molecule has 0 unspecified atom stereocenters. The molecule has 0 atom stereocenters. The fraction of sp³-hybridized carbons (Fsp3) is 0.875. The van der Waals surface area contributed by atoms with Gasteiger partial charge in [-0.1, -0.05) is 45.4 Å². The van der Waals surface area contributed by atoms with Gasteiger partial charge < -0.3 is 5.41 Å². The van der Waals surface area contributed by atoms with E-state index in [1.807, 2.05) is 0 Å². The molecule has 10 heavy (non-hydrogen) atoms. The van der Waals surface area contributed by atoms with Crippen molar-refractivity contribution in [3.63, 3.8) is 0 Å². The molecule has 0 amide bonds. The van der Waals surface area contributed by atoms with Gasteiger partial charge in [-0.2, -0.15) is 0 Å². The summed E-state index contributed by atoms with van der Waals surface area (Å²) in [6.07, 6.45) is 8.50. The standard InChI is InChI=1S/C8H16N.Pd/c1-2-3-4-5-6-7-8-9;/h8H,2-7H2,1H3;/q-1;. The molecular weight excluding hydrogens is 217 g/mol. The summed E-state index contributed by atoms with van der Waals surface area (Å²) in [6.45, 7) is 2.21. The molecule has 0 bridgehead atoms. The minimum Gasteiger partial charge on any atom is -0.814 e. The first kappa shape index (κ1) is 13.0. The van der Waals surface area contributed by atoms with Crippen molar-refractivity contribution >= 4 is 6.21 Å². The average Bonchev–Trinajstić information content (AvgIpc) is 1.89. The Kier molecular flexibility index (Phi) is 15.6. The van der Waals surface area contributed by atoms with Gasteiger partial charge in [0, 0.05) is 20.4 Å². The van der Waals surface area contributed by atoms with E-state index >= 15 is 0 Å². The molecule has 0 spiro atoms. The predicted molar refractivity (Wildman–Crippen MR) is 42.8 cm³/mol. The maximum Gasteiger partial charge on any atom is 0 e. The third-order valence-corrected chi connectivity index (χ3v) is 1.44. The second kappa shape index (κ2) is 12.1. The molecule has 0 N–H and O–H groups in total. The predicted octanol–water partition coefficient (Wildman–Crippen LogP) is 2.98. The molecule has 1 nitrogen and oxygen atoms in total. The first-order chi connectivity index (χ1) is 4.41. The Labute approximate surface area is 77.8 Å². The van der Waals surface area contributed by atoms with Crippen LogP contribution in [-0.2, 0) is 20.4 Å². The van der Waals surface area contributed by atoms with Crippen LogP contribution in [0.15, 0.2) is 0 Å². The SMILES string of the molecule is CCCCCCCC=[N-].[Pd]. The molecule has 0 aromatic rings. The van der Waals surface area contributed by atoms with E-state index in [-0.39, 0.29) is 20.4 Å². The van der Waals surface area contributed by atoms with Crippen LogP contribution >= 0.6 is 0 Å². The third kappa shape index (κ3) is 11.2. The Balaban J connectivity index is 0. The van der Waals surface area contributed by atoms with E-state index in [2.05, 4.69) is 6.92 Å². The molecule has 0 fully saturated rings. The van der Waals surface area contributed by atoms with Gasteiger partial charge in [0.1, 0.15) is 0 Å². The maximum absolute atomic E-state index is 8.30. The van der Waals surface area contributed by atoms with Gasteiger partial charge in [-0.3, -0.25) is 0 Å². The van der Waals surface area contributed by atoms with E-state index in [1.165, 1.54) is 31.9 Å². The fourth-order valence-electron chi connectivity index (χ4n) is 0.839. The Morgan fingerprint density at radius 2 is 1.70 bits per heavy atom. The molecule has 0 aromatic heterocycles. The molecule has 0 saturated carbocycles. The number of rotatable bonds is 6. The topological polar surface area (TPSA) is 22.3 Å². The van der Waals surface area contributed by atoms with E-state index < -0.39 is 0 Å². The molecule has 0 heterocycles. The van der Waals surface area contributed by atoms with Crippen LogP contribution in [-0.4, -0.2) is 6.21 Å². The first-order valence-electron chi connectivity index (χ1n) is 3.87. The number of unbranched alkanes of at least 4 members (excludes halogenated alkanes) is 5. The smallest absolute Gasteiger partial charge is 0 e. The van der Waals surface area contributed by atoms with Crippen LogP contribution < -0.4 is 0 Å². The summed E-state index contributed by atoms with van der Waals surface area (Å²) < 4.78 is 0. The van der Waals surface area contributed by atoms with Crippen molar-refractivity contribution in [1.82, 2.24) is 0 Å². The first-order valence-corrected chi connectivity index (χ1v) is 3.87. The van der Waals surface area contributed by atoms with Crippen LogP contribution in [0, 0.1) is 0 Å². The Hall–Kier alpha value is 0.332. The average molecular weight is 233 g/mol. The summed E-state index contributed by atoms with van der Waals surface area (Å²) in [7, 11) is 0. The van der Waals surface area contributed by atoms with Crippen molar-refractivity contribution in [2.45, 2.75) is 45.4 Å². The molecule has 0 aliphatic carbocycles. The molecule has 0 aliphatic rings. The van der Waals surface area contributed by atoms with E-state index in [4.69, 9.17) is 5.41 Å². The zero-order valence-electron chi connectivity index (χ0n) is 6.58. The monoisotopic (exact) mass is 232 g/mol. The summed E-state index contributed by atoms with van der Waals surface area (Å²) >= 11 is 0. The molecule has 0 rings (SSSR count).